The smallest absolute Gasteiger partial charge is 0.255 e. The maximum atomic E-state index is 12.4. The van der Waals surface area contributed by atoms with Gasteiger partial charge in [0.15, 0.2) is 0 Å². The monoisotopic (exact) mass is 365 g/mol. The molecule has 0 saturated heterocycles. The van der Waals surface area contributed by atoms with Crippen molar-refractivity contribution in [1.29, 1.82) is 0 Å². The number of fused-ring (bicyclic) bond motifs is 1. The van der Waals surface area contributed by atoms with E-state index in [9.17, 15) is 4.79 Å². The minimum atomic E-state index is -0.431. The van der Waals surface area contributed by atoms with Crippen LogP contribution in [-0.4, -0.2) is 10.9 Å². The summed E-state index contributed by atoms with van der Waals surface area (Å²) in [4.78, 5) is 16.5. The molecule has 0 bridgehead atoms. The highest BCUT2D eigenvalue weighted by Crippen LogP contribution is 2.33. The van der Waals surface area contributed by atoms with E-state index in [-0.39, 0.29) is 5.91 Å². The van der Waals surface area contributed by atoms with Crippen LogP contribution >= 0.6 is 11.6 Å². The number of amides is 1. The summed E-state index contributed by atoms with van der Waals surface area (Å²) in [5, 5.41) is 6.85. The lowest BCUT2D eigenvalue weighted by molar-refractivity contribution is 0.0935. The molecule has 6 heteroatoms. The van der Waals surface area contributed by atoms with Gasteiger partial charge in [-0.1, -0.05) is 29.8 Å². The highest BCUT2D eigenvalue weighted by atomic mass is 35.5. The number of nitrogens with zero attached hydrogens (tertiary/aromatic N) is 1. The van der Waals surface area contributed by atoms with Crippen molar-refractivity contribution < 1.29 is 9.53 Å². The number of rotatable bonds is 4. The number of hydrogen-bond acceptors (Lipinski definition) is 4. The molecule has 26 heavy (non-hydrogen) atoms. The fourth-order valence-electron chi connectivity index (χ4n) is 2.88. The molecule has 0 radical (unpaired) electrons. The van der Waals surface area contributed by atoms with E-state index in [4.69, 9.17) is 16.3 Å². The van der Waals surface area contributed by atoms with E-state index in [1.807, 2.05) is 36.4 Å². The summed E-state index contributed by atoms with van der Waals surface area (Å²) in [5.74, 6) is 0.512. The Hall–Kier alpha value is -3.05. The molecule has 0 aliphatic carbocycles. The zero-order valence-electron chi connectivity index (χ0n) is 13.8. The fraction of sp³-hybridized carbons (Fsp3) is 0.100. The summed E-state index contributed by atoms with van der Waals surface area (Å²) < 4.78 is 5.96. The standard InChI is InChI=1S/C20H16ClN3O2/c21-14-7-8-18(26-12-13-4-3-9-22-11-13)16(10-14)19-23-17-6-2-1-5-15(17)20(25)24-19/h1-11,19,23H,12H2,(H,24,25). The number of pyridine rings is 1. The van der Waals surface area contributed by atoms with Gasteiger partial charge in [-0.2, -0.15) is 0 Å². The fourth-order valence-corrected chi connectivity index (χ4v) is 3.06. The van der Waals surface area contributed by atoms with E-state index >= 15 is 0 Å². The van der Waals surface area contributed by atoms with Crippen LogP contribution in [0.3, 0.4) is 0 Å². The van der Waals surface area contributed by atoms with E-state index in [1.165, 1.54) is 0 Å². The minimum absolute atomic E-state index is 0.137. The lowest BCUT2D eigenvalue weighted by Crippen LogP contribution is -2.38. The van der Waals surface area contributed by atoms with Gasteiger partial charge in [0.1, 0.15) is 18.5 Å². The molecule has 4 rings (SSSR count). The molecule has 130 valence electrons. The Bertz CT molecular complexity index is 947. The first-order valence-electron chi connectivity index (χ1n) is 8.18. The lowest BCUT2D eigenvalue weighted by Gasteiger charge is -2.29. The number of aromatic nitrogens is 1. The Balaban J connectivity index is 1.62. The second-order valence-corrected chi connectivity index (χ2v) is 6.36. The van der Waals surface area contributed by atoms with Crippen molar-refractivity contribution in [2.45, 2.75) is 12.8 Å². The topological polar surface area (TPSA) is 63.2 Å². The highest BCUT2D eigenvalue weighted by Gasteiger charge is 2.26. The van der Waals surface area contributed by atoms with Gasteiger partial charge in [-0.15, -0.1) is 0 Å². The van der Waals surface area contributed by atoms with Crippen molar-refractivity contribution in [3.8, 4) is 5.75 Å². The first kappa shape index (κ1) is 16.4. The number of carbonyl (C=O) groups excluding carboxylic acids is 1. The van der Waals surface area contributed by atoms with Gasteiger partial charge < -0.3 is 15.4 Å². The van der Waals surface area contributed by atoms with Crippen molar-refractivity contribution in [2.75, 3.05) is 5.32 Å². The number of nitrogens with one attached hydrogen (secondary N) is 2. The molecular weight excluding hydrogens is 350 g/mol. The Kier molecular flexibility index (Phi) is 4.46. The van der Waals surface area contributed by atoms with E-state index < -0.39 is 6.17 Å². The molecular formula is C20H16ClN3O2. The van der Waals surface area contributed by atoms with Gasteiger partial charge in [-0.25, -0.2) is 0 Å². The third-order valence-electron chi connectivity index (χ3n) is 4.15. The van der Waals surface area contributed by atoms with E-state index in [0.717, 1.165) is 16.8 Å². The summed E-state index contributed by atoms with van der Waals surface area (Å²) >= 11 is 6.18. The Morgan fingerprint density at radius 1 is 1.08 bits per heavy atom. The van der Waals surface area contributed by atoms with Crippen LogP contribution in [0.5, 0.6) is 5.75 Å². The molecule has 0 saturated carbocycles. The van der Waals surface area contributed by atoms with Crippen LogP contribution in [0.15, 0.2) is 67.0 Å². The van der Waals surface area contributed by atoms with Crippen molar-refractivity contribution >= 4 is 23.2 Å². The predicted molar refractivity (Wildman–Crippen MR) is 100 cm³/mol. The average molecular weight is 366 g/mol. The SMILES string of the molecule is O=C1NC(c2cc(Cl)ccc2OCc2cccnc2)Nc2ccccc21. The predicted octanol–water partition coefficient (Wildman–Crippen LogP) is 4.17. The van der Waals surface area contributed by atoms with Crippen LogP contribution in [0.25, 0.3) is 0 Å². The second kappa shape index (κ2) is 7.06. The first-order valence-corrected chi connectivity index (χ1v) is 8.56. The summed E-state index contributed by atoms with van der Waals surface area (Å²) in [7, 11) is 0. The zero-order chi connectivity index (χ0) is 17.9. The van der Waals surface area contributed by atoms with Gasteiger partial charge in [0.25, 0.3) is 5.91 Å². The summed E-state index contributed by atoms with van der Waals surface area (Å²) in [5.41, 5.74) is 3.12. The van der Waals surface area contributed by atoms with Crippen molar-refractivity contribution in [3.05, 3.63) is 88.7 Å². The zero-order valence-corrected chi connectivity index (χ0v) is 14.5. The van der Waals surface area contributed by atoms with Gasteiger partial charge in [-0.05, 0) is 36.4 Å². The minimum Gasteiger partial charge on any atom is -0.488 e. The number of benzene rings is 2. The van der Waals surface area contributed by atoms with Gasteiger partial charge in [0.2, 0.25) is 0 Å². The van der Waals surface area contributed by atoms with Crippen molar-refractivity contribution in [1.82, 2.24) is 10.3 Å². The van der Waals surface area contributed by atoms with E-state index in [0.29, 0.717) is 22.9 Å². The average Bonchev–Trinajstić information content (AvgIpc) is 2.68. The number of ether oxygens (including phenoxy) is 1. The third kappa shape index (κ3) is 3.34. The summed E-state index contributed by atoms with van der Waals surface area (Å²) in [6.45, 7) is 0.375. The molecule has 2 heterocycles. The molecule has 3 aromatic rings. The van der Waals surface area contributed by atoms with Crippen molar-refractivity contribution in [3.63, 3.8) is 0 Å². The molecule has 1 unspecified atom stereocenters. The quantitative estimate of drug-likeness (QED) is 0.728. The van der Waals surface area contributed by atoms with Gasteiger partial charge in [0, 0.05) is 34.2 Å². The number of anilines is 1. The van der Waals surface area contributed by atoms with Crippen LogP contribution < -0.4 is 15.4 Å². The third-order valence-corrected chi connectivity index (χ3v) is 4.38. The van der Waals surface area contributed by atoms with Gasteiger partial charge in [-0.3, -0.25) is 9.78 Å². The molecule has 5 nitrogen and oxygen atoms in total. The maximum absolute atomic E-state index is 12.4. The molecule has 0 spiro atoms. The van der Waals surface area contributed by atoms with E-state index in [1.54, 1.807) is 30.6 Å². The van der Waals surface area contributed by atoms with Crippen LogP contribution in [0, 0.1) is 0 Å². The summed E-state index contributed by atoms with van der Waals surface area (Å²) in [6.07, 6.45) is 3.04. The highest BCUT2D eigenvalue weighted by molar-refractivity contribution is 6.30. The number of hydrogen-bond donors (Lipinski definition) is 2. The first-order chi connectivity index (χ1) is 12.7. The molecule has 1 aliphatic rings. The number of carbonyl (C=O) groups is 1. The van der Waals surface area contributed by atoms with E-state index in [2.05, 4.69) is 15.6 Å². The van der Waals surface area contributed by atoms with Gasteiger partial charge >= 0.3 is 0 Å². The molecule has 1 aliphatic heterocycles. The van der Waals surface area contributed by atoms with Crippen LogP contribution in [-0.2, 0) is 6.61 Å². The molecule has 1 atom stereocenters. The molecule has 0 fully saturated rings. The van der Waals surface area contributed by atoms with Crippen LogP contribution in [0.4, 0.5) is 5.69 Å². The number of para-hydroxylation sites is 1. The Morgan fingerprint density at radius 2 is 1.96 bits per heavy atom. The molecule has 2 aromatic carbocycles. The van der Waals surface area contributed by atoms with Crippen molar-refractivity contribution in [2.24, 2.45) is 0 Å². The number of halogens is 1. The maximum Gasteiger partial charge on any atom is 0.255 e. The second-order valence-electron chi connectivity index (χ2n) is 5.93. The van der Waals surface area contributed by atoms with Crippen LogP contribution in [0.2, 0.25) is 5.02 Å². The molecule has 2 N–H and O–H groups in total. The van der Waals surface area contributed by atoms with Crippen LogP contribution in [0.1, 0.15) is 27.7 Å². The summed E-state index contributed by atoms with van der Waals surface area (Å²) in [6, 6.07) is 16.6. The normalized spacial score (nSPS) is 15.6. The lowest BCUT2D eigenvalue weighted by atomic mass is 10.0. The Morgan fingerprint density at radius 3 is 2.81 bits per heavy atom. The Labute approximate surface area is 156 Å². The molecule has 1 aromatic heterocycles. The largest absolute Gasteiger partial charge is 0.488 e. The molecule has 1 amide bonds. The van der Waals surface area contributed by atoms with Gasteiger partial charge in [0.05, 0.1) is 5.56 Å².